The van der Waals surface area contributed by atoms with Crippen LogP contribution >= 0.6 is 0 Å². The number of nitrogens with zero attached hydrogens (tertiary/aromatic N) is 3. The summed E-state index contributed by atoms with van der Waals surface area (Å²) >= 11 is 0. The number of likely N-dealkylation sites (tertiary alicyclic amines) is 1. The average Bonchev–Trinajstić information content (AvgIpc) is 3.67. The number of carbonyl (C=O) groups excluding carboxylic acids is 1. The topological polar surface area (TPSA) is 65.3 Å². The standard InChI is InChI=1S/C28H27N3O4/c32-27(30-12-4-5-13-30)16-22(21-10-11-24-26(15-21)35-19-34-24)23-17-29-28-25(9-6-14-31(23)28)33-18-20-7-2-1-3-8-20/h1-3,6-11,14-15,17,22H,4-5,12-13,16,18-19H2. The molecule has 1 amide bonds. The van der Waals surface area contributed by atoms with Crippen LogP contribution in [0.25, 0.3) is 5.65 Å². The fourth-order valence-electron chi connectivity index (χ4n) is 4.90. The van der Waals surface area contributed by atoms with E-state index in [-0.39, 0.29) is 18.6 Å². The molecule has 2 aromatic heterocycles. The van der Waals surface area contributed by atoms with E-state index in [1.165, 1.54) is 0 Å². The second-order valence-corrected chi connectivity index (χ2v) is 8.98. The maximum absolute atomic E-state index is 13.2. The lowest BCUT2D eigenvalue weighted by atomic mass is 9.91. The van der Waals surface area contributed by atoms with Gasteiger partial charge in [-0.05, 0) is 48.2 Å². The normalized spacial score (nSPS) is 15.5. The lowest BCUT2D eigenvalue weighted by Gasteiger charge is -2.22. The van der Waals surface area contributed by atoms with Crippen molar-refractivity contribution in [3.8, 4) is 17.2 Å². The molecular weight excluding hydrogens is 442 g/mol. The van der Waals surface area contributed by atoms with Crippen LogP contribution in [-0.2, 0) is 11.4 Å². The third-order valence-electron chi connectivity index (χ3n) is 6.76. The quantitative estimate of drug-likeness (QED) is 0.390. The smallest absolute Gasteiger partial charge is 0.231 e. The second kappa shape index (κ2) is 9.33. The van der Waals surface area contributed by atoms with E-state index in [1.807, 2.05) is 82.4 Å². The third-order valence-corrected chi connectivity index (χ3v) is 6.76. The van der Waals surface area contributed by atoms with Crippen LogP contribution in [0.5, 0.6) is 17.2 Å². The second-order valence-electron chi connectivity index (χ2n) is 8.98. The minimum absolute atomic E-state index is 0.164. The Morgan fingerprint density at radius 1 is 1.00 bits per heavy atom. The number of amides is 1. The molecule has 0 spiro atoms. The molecule has 2 aliphatic rings. The monoisotopic (exact) mass is 469 g/mol. The highest BCUT2D eigenvalue weighted by molar-refractivity contribution is 5.78. The SMILES string of the molecule is O=C(CC(c1ccc2c(c1)OCO2)c1cnc2c(OCc3ccccc3)cccn12)N1CCCC1. The Kier molecular flexibility index (Phi) is 5.74. The molecular formula is C28H27N3O4. The fourth-order valence-corrected chi connectivity index (χ4v) is 4.90. The Morgan fingerprint density at radius 3 is 2.69 bits per heavy atom. The molecule has 2 aromatic carbocycles. The van der Waals surface area contributed by atoms with Gasteiger partial charge in [-0.15, -0.1) is 0 Å². The molecule has 4 aromatic rings. The van der Waals surface area contributed by atoms with Crippen LogP contribution in [0.1, 0.15) is 42.0 Å². The number of hydrogen-bond donors (Lipinski definition) is 0. The maximum Gasteiger partial charge on any atom is 0.231 e. The zero-order chi connectivity index (χ0) is 23.6. The fraction of sp³-hybridized carbons (Fsp3) is 0.286. The molecule has 1 fully saturated rings. The van der Waals surface area contributed by atoms with Crippen molar-refractivity contribution in [2.75, 3.05) is 19.9 Å². The highest BCUT2D eigenvalue weighted by Gasteiger charge is 2.28. The summed E-state index contributed by atoms with van der Waals surface area (Å²) in [5.41, 5.74) is 3.77. The van der Waals surface area contributed by atoms with E-state index in [2.05, 4.69) is 0 Å². The van der Waals surface area contributed by atoms with Gasteiger partial charge in [-0.1, -0.05) is 36.4 Å². The molecule has 2 aliphatic heterocycles. The lowest BCUT2D eigenvalue weighted by Crippen LogP contribution is -2.29. The predicted molar refractivity (Wildman–Crippen MR) is 131 cm³/mol. The van der Waals surface area contributed by atoms with Gasteiger partial charge in [0.1, 0.15) is 6.61 Å². The average molecular weight is 470 g/mol. The van der Waals surface area contributed by atoms with Crippen LogP contribution in [-0.4, -0.2) is 40.1 Å². The number of hydrogen-bond acceptors (Lipinski definition) is 5. The Hall–Kier alpha value is -4.00. The third kappa shape index (κ3) is 4.30. The lowest BCUT2D eigenvalue weighted by molar-refractivity contribution is -0.130. The molecule has 6 rings (SSSR count). The molecule has 4 heterocycles. The molecule has 7 heteroatoms. The summed E-state index contributed by atoms with van der Waals surface area (Å²) < 4.78 is 19.3. The van der Waals surface area contributed by atoms with E-state index >= 15 is 0 Å². The molecule has 1 atom stereocenters. The minimum atomic E-state index is -0.183. The Bertz CT molecular complexity index is 1350. The molecule has 1 saturated heterocycles. The summed E-state index contributed by atoms with van der Waals surface area (Å²) in [6.45, 7) is 2.34. The number of aromatic nitrogens is 2. The molecule has 7 nitrogen and oxygen atoms in total. The van der Waals surface area contributed by atoms with E-state index in [1.54, 1.807) is 0 Å². The van der Waals surface area contributed by atoms with Crippen LogP contribution in [0.3, 0.4) is 0 Å². The van der Waals surface area contributed by atoms with Gasteiger partial charge in [-0.25, -0.2) is 4.98 Å². The molecule has 0 radical (unpaired) electrons. The Morgan fingerprint density at radius 2 is 1.83 bits per heavy atom. The van der Waals surface area contributed by atoms with Crippen molar-refractivity contribution in [3.05, 3.63) is 89.9 Å². The van der Waals surface area contributed by atoms with Gasteiger partial charge in [-0.3, -0.25) is 4.79 Å². The molecule has 0 bridgehead atoms. The van der Waals surface area contributed by atoms with Crippen molar-refractivity contribution in [2.45, 2.75) is 31.8 Å². The van der Waals surface area contributed by atoms with Gasteiger partial charge in [0.25, 0.3) is 0 Å². The van der Waals surface area contributed by atoms with Gasteiger partial charge >= 0.3 is 0 Å². The van der Waals surface area contributed by atoms with Crippen molar-refractivity contribution in [1.29, 1.82) is 0 Å². The minimum Gasteiger partial charge on any atom is -0.485 e. The summed E-state index contributed by atoms with van der Waals surface area (Å²) in [6.07, 6.45) is 6.34. The predicted octanol–water partition coefficient (Wildman–Crippen LogP) is 4.79. The number of pyridine rings is 1. The molecule has 178 valence electrons. The van der Waals surface area contributed by atoms with Gasteiger partial charge in [-0.2, -0.15) is 0 Å². The van der Waals surface area contributed by atoms with Crippen molar-refractivity contribution in [2.24, 2.45) is 0 Å². The number of fused-ring (bicyclic) bond motifs is 2. The Balaban J connectivity index is 1.35. The summed E-state index contributed by atoms with van der Waals surface area (Å²) in [7, 11) is 0. The van der Waals surface area contributed by atoms with E-state index < -0.39 is 0 Å². The van der Waals surface area contributed by atoms with Gasteiger partial charge in [0.05, 0.1) is 5.69 Å². The number of benzene rings is 2. The summed E-state index contributed by atoms with van der Waals surface area (Å²) in [6, 6.07) is 19.9. The highest BCUT2D eigenvalue weighted by Crippen LogP contribution is 2.38. The first kappa shape index (κ1) is 21.5. The van der Waals surface area contributed by atoms with Crippen LogP contribution in [0.4, 0.5) is 0 Å². The van der Waals surface area contributed by atoms with Gasteiger partial charge in [0.2, 0.25) is 12.7 Å². The van der Waals surface area contributed by atoms with Crippen LogP contribution in [0, 0.1) is 0 Å². The van der Waals surface area contributed by atoms with E-state index in [0.717, 1.165) is 54.1 Å². The molecule has 0 saturated carbocycles. The molecule has 35 heavy (non-hydrogen) atoms. The van der Waals surface area contributed by atoms with E-state index in [0.29, 0.717) is 24.5 Å². The van der Waals surface area contributed by atoms with E-state index in [4.69, 9.17) is 19.2 Å². The van der Waals surface area contributed by atoms with Crippen LogP contribution in [0.15, 0.2) is 73.1 Å². The van der Waals surface area contributed by atoms with Crippen LogP contribution < -0.4 is 14.2 Å². The highest BCUT2D eigenvalue weighted by atomic mass is 16.7. The first-order valence-corrected chi connectivity index (χ1v) is 12.1. The molecule has 0 N–H and O–H groups in total. The van der Waals surface area contributed by atoms with Crippen molar-refractivity contribution in [3.63, 3.8) is 0 Å². The maximum atomic E-state index is 13.2. The summed E-state index contributed by atoms with van der Waals surface area (Å²) in [5.74, 6) is 2.13. The molecule has 0 aliphatic carbocycles. The summed E-state index contributed by atoms with van der Waals surface area (Å²) in [5, 5.41) is 0. The van der Waals surface area contributed by atoms with Crippen LogP contribution in [0.2, 0.25) is 0 Å². The molecule has 1 unspecified atom stereocenters. The number of rotatable bonds is 7. The van der Waals surface area contributed by atoms with Crippen molar-refractivity contribution in [1.82, 2.24) is 14.3 Å². The van der Waals surface area contributed by atoms with Gasteiger partial charge in [0.15, 0.2) is 22.9 Å². The first-order chi connectivity index (χ1) is 17.3. The number of ether oxygens (including phenoxy) is 3. The first-order valence-electron chi connectivity index (χ1n) is 12.1. The zero-order valence-electron chi connectivity index (χ0n) is 19.4. The Labute approximate surface area is 203 Å². The summed E-state index contributed by atoms with van der Waals surface area (Å²) in [4.78, 5) is 19.9. The van der Waals surface area contributed by atoms with Crippen molar-refractivity contribution < 1.29 is 19.0 Å². The van der Waals surface area contributed by atoms with E-state index in [9.17, 15) is 4.79 Å². The largest absolute Gasteiger partial charge is 0.485 e. The van der Waals surface area contributed by atoms with Gasteiger partial charge < -0.3 is 23.5 Å². The number of imidazole rings is 1. The zero-order valence-corrected chi connectivity index (χ0v) is 19.4. The number of carbonyl (C=O) groups is 1. The van der Waals surface area contributed by atoms with Crippen molar-refractivity contribution >= 4 is 11.6 Å². The van der Waals surface area contributed by atoms with Gasteiger partial charge in [0, 0.05) is 37.8 Å².